The molecule has 0 atom stereocenters. The van der Waals surface area contributed by atoms with E-state index in [2.05, 4.69) is 42.9 Å². The number of pyridine rings is 1. The van der Waals surface area contributed by atoms with Crippen molar-refractivity contribution in [3.63, 3.8) is 0 Å². The molecule has 0 radical (unpaired) electrons. The third-order valence-electron chi connectivity index (χ3n) is 1.98. The normalized spacial score (nSPS) is 10.2. The zero-order valence-corrected chi connectivity index (χ0v) is 8.09. The molecule has 0 N–H and O–H groups in total. The van der Waals surface area contributed by atoms with Crippen LogP contribution in [0, 0.1) is 0 Å². The predicted octanol–water partition coefficient (Wildman–Crippen LogP) is 2.34. The molecule has 0 aromatic carbocycles. The molecule has 1 heterocycles. The van der Waals surface area contributed by atoms with Gasteiger partial charge >= 0.3 is 0 Å². The number of rotatable bonds is 4. The minimum absolute atomic E-state index is 1.13. The van der Waals surface area contributed by atoms with Gasteiger partial charge in [0.05, 0.1) is 0 Å². The van der Waals surface area contributed by atoms with Gasteiger partial charge in [-0.2, -0.15) is 0 Å². The summed E-state index contributed by atoms with van der Waals surface area (Å²) >= 11 is 0. The Morgan fingerprint density at radius 2 is 1.75 bits per heavy atom. The summed E-state index contributed by atoms with van der Waals surface area (Å²) in [5.41, 5.74) is 1.45. The lowest BCUT2D eigenvalue weighted by Crippen LogP contribution is -2.32. The Hall–Kier alpha value is -0.850. The maximum Gasteiger partial charge on any atom is 0.169 e. The summed E-state index contributed by atoms with van der Waals surface area (Å²) in [6.07, 6.45) is 7.99. The number of aryl methyl sites for hydroxylation is 2. The first-order chi connectivity index (χ1) is 5.86. The van der Waals surface area contributed by atoms with Crippen molar-refractivity contribution in [3.05, 3.63) is 30.1 Å². The first kappa shape index (κ1) is 9.24. The smallest absolute Gasteiger partial charge is 0.169 e. The molecule has 0 saturated heterocycles. The van der Waals surface area contributed by atoms with E-state index in [9.17, 15) is 0 Å². The second kappa shape index (κ2) is 4.91. The van der Waals surface area contributed by atoms with E-state index in [0.29, 0.717) is 0 Å². The molecule has 0 aliphatic carbocycles. The lowest BCUT2D eigenvalue weighted by atomic mass is 10.1. The van der Waals surface area contributed by atoms with Crippen LogP contribution in [0.5, 0.6) is 0 Å². The zero-order chi connectivity index (χ0) is 8.81. The first-order valence-corrected chi connectivity index (χ1v) is 4.84. The minimum Gasteiger partial charge on any atom is -0.205 e. The second-order valence-electron chi connectivity index (χ2n) is 3.19. The highest BCUT2D eigenvalue weighted by molar-refractivity contribution is 5.06. The minimum atomic E-state index is 1.13. The van der Waals surface area contributed by atoms with Crippen molar-refractivity contribution in [2.45, 2.75) is 39.7 Å². The van der Waals surface area contributed by atoms with Gasteiger partial charge in [0, 0.05) is 18.6 Å². The fourth-order valence-corrected chi connectivity index (χ4v) is 1.35. The summed E-state index contributed by atoms with van der Waals surface area (Å²) in [7, 11) is 0. The van der Waals surface area contributed by atoms with E-state index in [0.717, 1.165) is 6.54 Å². The molecule has 12 heavy (non-hydrogen) atoms. The van der Waals surface area contributed by atoms with Crippen molar-refractivity contribution in [2.24, 2.45) is 0 Å². The SMILES string of the molecule is CCCc1cc[n+](CCC)cc1. The topological polar surface area (TPSA) is 3.88 Å². The van der Waals surface area contributed by atoms with Gasteiger partial charge in [-0.3, -0.25) is 0 Å². The molecule has 0 fully saturated rings. The molecular weight excluding hydrogens is 146 g/mol. The van der Waals surface area contributed by atoms with Crippen LogP contribution < -0.4 is 4.57 Å². The lowest BCUT2D eigenvalue weighted by molar-refractivity contribution is -0.697. The molecular formula is C11H18N+. The molecule has 0 aliphatic rings. The van der Waals surface area contributed by atoms with Crippen LogP contribution in [0.25, 0.3) is 0 Å². The van der Waals surface area contributed by atoms with Gasteiger partial charge in [-0.05, 0) is 12.0 Å². The van der Waals surface area contributed by atoms with E-state index < -0.39 is 0 Å². The summed E-state index contributed by atoms with van der Waals surface area (Å²) in [4.78, 5) is 0. The van der Waals surface area contributed by atoms with E-state index in [4.69, 9.17) is 0 Å². The Morgan fingerprint density at radius 1 is 1.08 bits per heavy atom. The van der Waals surface area contributed by atoms with E-state index >= 15 is 0 Å². The van der Waals surface area contributed by atoms with Crippen LogP contribution in [-0.4, -0.2) is 0 Å². The molecule has 0 bridgehead atoms. The highest BCUT2D eigenvalue weighted by atomic mass is 14.9. The Morgan fingerprint density at radius 3 is 2.25 bits per heavy atom. The summed E-state index contributed by atoms with van der Waals surface area (Å²) < 4.78 is 2.24. The van der Waals surface area contributed by atoms with Crippen LogP contribution in [-0.2, 0) is 13.0 Å². The highest BCUT2D eigenvalue weighted by Gasteiger charge is 1.97. The molecule has 1 aromatic heterocycles. The van der Waals surface area contributed by atoms with Crippen LogP contribution in [0.15, 0.2) is 24.5 Å². The van der Waals surface area contributed by atoms with Crippen LogP contribution in [0.4, 0.5) is 0 Å². The predicted molar refractivity (Wildman–Crippen MR) is 50.9 cm³/mol. The molecule has 1 nitrogen and oxygen atoms in total. The molecule has 0 saturated carbocycles. The maximum absolute atomic E-state index is 2.24. The van der Waals surface area contributed by atoms with E-state index in [1.165, 1.54) is 24.8 Å². The van der Waals surface area contributed by atoms with Gasteiger partial charge in [-0.1, -0.05) is 20.3 Å². The zero-order valence-electron chi connectivity index (χ0n) is 8.09. The van der Waals surface area contributed by atoms with Gasteiger partial charge in [-0.15, -0.1) is 0 Å². The molecule has 1 aromatic rings. The van der Waals surface area contributed by atoms with Gasteiger partial charge in [-0.25, -0.2) is 4.57 Å². The van der Waals surface area contributed by atoms with Gasteiger partial charge in [0.2, 0.25) is 0 Å². The Kier molecular flexibility index (Phi) is 3.78. The summed E-state index contributed by atoms with van der Waals surface area (Å²) in [5, 5.41) is 0. The number of aromatic nitrogens is 1. The van der Waals surface area contributed by atoms with E-state index in [-0.39, 0.29) is 0 Å². The van der Waals surface area contributed by atoms with Gasteiger partial charge < -0.3 is 0 Å². The Bertz CT molecular complexity index is 188. The van der Waals surface area contributed by atoms with E-state index in [1.54, 1.807) is 0 Å². The molecule has 1 rings (SSSR count). The highest BCUT2D eigenvalue weighted by Crippen LogP contribution is 1.98. The monoisotopic (exact) mass is 164 g/mol. The summed E-state index contributed by atoms with van der Waals surface area (Å²) in [6, 6.07) is 4.44. The van der Waals surface area contributed by atoms with Crippen LogP contribution in [0.1, 0.15) is 32.3 Å². The fraction of sp³-hybridized carbons (Fsp3) is 0.545. The summed E-state index contributed by atoms with van der Waals surface area (Å²) in [6.45, 7) is 5.55. The standard InChI is InChI=1S/C11H18N/c1-3-5-11-6-9-12(8-4-2)10-7-11/h6-7,9-10H,3-5,8H2,1-2H3/q+1. The van der Waals surface area contributed by atoms with Crippen LogP contribution >= 0.6 is 0 Å². The van der Waals surface area contributed by atoms with Crippen molar-refractivity contribution in [3.8, 4) is 0 Å². The number of hydrogen-bond donors (Lipinski definition) is 0. The maximum atomic E-state index is 2.24. The van der Waals surface area contributed by atoms with Gasteiger partial charge in [0.15, 0.2) is 12.4 Å². The van der Waals surface area contributed by atoms with Crippen molar-refractivity contribution >= 4 is 0 Å². The molecule has 0 spiro atoms. The molecule has 1 heteroatoms. The van der Waals surface area contributed by atoms with Crippen molar-refractivity contribution in [1.82, 2.24) is 0 Å². The van der Waals surface area contributed by atoms with Crippen molar-refractivity contribution in [2.75, 3.05) is 0 Å². The number of nitrogens with zero attached hydrogens (tertiary/aromatic N) is 1. The lowest BCUT2D eigenvalue weighted by Gasteiger charge is -1.96. The van der Waals surface area contributed by atoms with Crippen molar-refractivity contribution in [1.29, 1.82) is 0 Å². The third kappa shape index (κ3) is 2.65. The third-order valence-corrected chi connectivity index (χ3v) is 1.98. The number of hydrogen-bond acceptors (Lipinski definition) is 0. The fourth-order valence-electron chi connectivity index (χ4n) is 1.35. The average Bonchev–Trinajstić information content (AvgIpc) is 2.09. The quantitative estimate of drug-likeness (QED) is 0.601. The molecule has 0 amide bonds. The first-order valence-electron chi connectivity index (χ1n) is 4.84. The molecule has 0 unspecified atom stereocenters. The Labute approximate surface area is 75.1 Å². The van der Waals surface area contributed by atoms with Crippen LogP contribution in [0.2, 0.25) is 0 Å². The van der Waals surface area contributed by atoms with Gasteiger partial charge in [0.1, 0.15) is 6.54 Å². The summed E-state index contributed by atoms with van der Waals surface area (Å²) in [5.74, 6) is 0. The Balaban J connectivity index is 2.58. The second-order valence-corrected chi connectivity index (χ2v) is 3.19. The van der Waals surface area contributed by atoms with Crippen LogP contribution in [0.3, 0.4) is 0 Å². The van der Waals surface area contributed by atoms with Crippen molar-refractivity contribution < 1.29 is 4.57 Å². The largest absolute Gasteiger partial charge is 0.205 e. The average molecular weight is 164 g/mol. The molecule has 0 aliphatic heterocycles. The van der Waals surface area contributed by atoms with E-state index in [1.807, 2.05) is 0 Å². The van der Waals surface area contributed by atoms with Gasteiger partial charge in [0.25, 0.3) is 0 Å². The molecule has 66 valence electrons.